The summed E-state index contributed by atoms with van der Waals surface area (Å²) in [5.74, 6) is 0.214. The first kappa shape index (κ1) is 11.4. The van der Waals surface area contributed by atoms with Crippen LogP contribution in [-0.4, -0.2) is 29.2 Å². The fourth-order valence-corrected chi connectivity index (χ4v) is 0.906. The van der Waals surface area contributed by atoms with Gasteiger partial charge in [-0.3, -0.25) is 4.79 Å². The van der Waals surface area contributed by atoms with Crippen molar-refractivity contribution < 1.29 is 9.21 Å². The smallest absolute Gasteiger partial charge is 0.315 e. The third kappa shape index (κ3) is 3.55. The lowest BCUT2D eigenvalue weighted by atomic mass is 10.4. The number of rotatable bonds is 5. The first-order chi connectivity index (χ1) is 7.13. The zero-order valence-electron chi connectivity index (χ0n) is 8.78. The molecule has 0 aliphatic rings. The van der Waals surface area contributed by atoms with Crippen LogP contribution in [0.3, 0.4) is 0 Å². The summed E-state index contributed by atoms with van der Waals surface area (Å²) in [6.07, 6.45) is 0. The molecule has 1 unspecified atom stereocenters. The Morgan fingerprint density at radius 1 is 1.60 bits per heavy atom. The highest BCUT2D eigenvalue weighted by Gasteiger charge is 2.10. The normalized spacial score (nSPS) is 12.2. The first-order valence-electron chi connectivity index (χ1n) is 4.73. The maximum absolute atomic E-state index is 11.1. The van der Waals surface area contributed by atoms with Crippen LogP contribution in [0.5, 0.6) is 0 Å². The molecule has 0 spiro atoms. The highest BCUT2D eigenvalue weighted by molar-refractivity contribution is 5.79. The van der Waals surface area contributed by atoms with Gasteiger partial charge in [0.25, 0.3) is 0 Å². The van der Waals surface area contributed by atoms with Crippen LogP contribution < -0.4 is 16.4 Å². The second kappa shape index (κ2) is 5.30. The van der Waals surface area contributed by atoms with E-state index in [1.54, 1.807) is 6.92 Å². The minimum absolute atomic E-state index is 0.106. The van der Waals surface area contributed by atoms with Crippen LogP contribution in [-0.2, 0) is 4.79 Å². The van der Waals surface area contributed by atoms with Crippen molar-refractivity contribution in [3.63, 3.8) is 0 Å². The van der Waals surface area contributed by atoms with Crippen molar-refractivity contribution in [1.82, 2.24) is 15.5 Å². The van der Waals surface area contributed by atoms with E-state index in [-0.39, 0.29) is 24.5 Å². The van der Waals surface area contributed by atoms with Crippen molar-refractivity contribution in [3.8, 4) is 0 Å². The average molecular weight is 213 g/mol. The van der Waals surface area contributed by atoms with E-state index in [1.807, 2.05) is 6.92 Å². The van der Waals surface area contributed by atoms with E-state index in [0.29, 0.717) is 12.4 Å². The molecule has 7 nitrogen and oxygen atoms in total. The molecule has 0 bridgehead atoms. The molecule has 1 aromatic heterocycles. The molecule has 4 N–H and O–H groups in total. The lowest BCUT2D eigenvalue weighted by molar-refractivity contribution is -0.119. The van der Waals surface area contributed by atoms with Gasteiger partial charge in [0.05, 0.1) is 12.6 Å². The van der Waals surface area contributed by atoms with Crippen molar-refractivity contribution in [3.05, 3.63) is 5.89 Å². The van der Waals surface area contributed by atoms with Gasteiger partial charge in [0.2, 0.25) is 11.8 Å². The molecule has 7 heteroatoms. The lowest BCUT2D eigenvalue weighted by Gasteiger charge is -2.01. The molecule has 0 saturated heterocycles. The molecule has 1 rings (SSSR count). The Balaban J connectivity index is 2.41. The highest BCUT2D eigenvalue weighted by atomic mass is 16.4. The molecular weight excluding hydrogens is 198 g/mol. The van der Waals surface area contributed by atoms with Gasteiger partial charge in [-0.2, -0.15) is 0 Å². The fraction of sp³-hybridized carbons (Fsp3) is 0.625. The van der Waals surface area contributed by atoms with E-state index in [1.165, 1.54) is 0 Å². The van der Waals surface area contributed by atoms with Crippen molar-refractivity contribution >= 4 is 11.9 Å². The molecule has 1 atom stereocenters. The van der Waals surface area contributed by atoms with Crippen LogP contribution in [0.2, 0.25) is 0 Å². The van der Waals surface area contributed by atoms with E-state index in [0.717, 1.165) is 0 Å². The number of hydrogen-bond donors (Lipinski definition) is 3. The predicted molar refractivity (Wildman–Crippen MR) is 54.1 cm³/mol. The van der Waals surface area contributed by atoms with Gasteiger partial charge in [0.1, 0.15) is 0 Å². The SMILES string of the molecule is CCNC(=O)CNc1nnc(C(C)N)o1. The number of carbonyl (C=O) groups is 1. The van der Waals surface area contributed by atoms with Gasteiger partial charge in [0, 0.05) is 6.54 Å². The highest BCUT2D eigenvalue weighted by Crippen LogP contribution is 2.10. The summed E-state index contributed by atoms with van der Waals surface area (Å²) in [7, 11) is 0. The number of hydrogen-bond acceptors (Lipinski definition) is 6. The number of carbonyl (C=O) groups excluding carboxylic acids is 1. The molecule has 0 radical (unpaired) electrons. The number of nitrogens with zero attached hydrogens (tertiary/aromatic N) is 2. The quantitative estimate of drug-likeness (QED) is 0.616. The van der Waals surface area contributed by atoms with Crippen molar-refractivity contribution in [2.75, 3.05) is 18.4 Å². The Morgan fingerprint density at radius 2 is 2.33 bits per heavy atom. The van der Waals surface area contributed by atoms with Crippen molar-refractivity contribution in [2.45, 2.75) is 19.9 Å². The summed E-state index contributed by atoms with van der Waals surface area (Å²) in [5, 5.41) is 12.7. The number of aromatic nitrogens is 2. The molecule has 0 aliphatic heterocycles. The Kier molecular flexibility index (Phi) is 4.04. The largest absolute Gasteiger partial charge is 0.406 e. The Hall–Kier alpha value is -1.63. The standard InChI is InChI=1S/C8H15N5O2/c1-3-10-6(14)4-11-8-13-12-7(15-8)5(2)9/h5H,3-4,9H2,1-2H3,(H,10,14)(H,11,13). The fourth-order valence-electron chi connectivity index (χ4n) is 0.906. The van der Waals surface area contributed by atoms with Crippen LogP contribution >= 0.6 is 0 Å². The van der Waals surface area contributed by atoms with Crippen molar-refractivity contribution in [1.29, 1.82) is 0 Å². The number of anilines is 1. The van der Waals surface area contributed by atoms with Gasteiger partial charge in [-0.05, 0) is 13.8 Å². The Morgan fingerprint density at radius 3 is 2.87 bits per heavy atom. The van der Waals surface area contributed by atoms with Gasteiger partial charge < -0.3 is 20.8 Å². The van der Waals surface area contributed by atoms with E-state index in [2.05, 4.69) is 20.8 Å². The third-order valence-electron chi connectivity index (χ3n) is 1.60. The van der Waals surface area contributed by atoms with E-state index < -0.39 is 0 Å². The van der Waals surface area contributed by atoms with Gasteiger partial charge in [-0.25, -0.2) is 0 Å². The number of amides is 1. The molecule has 1 amide bonds. The number of nitrogens with two attached hydrogens (primary N) is 1. The van der Waals surface area contributed by atoms with Gasteiger partial charge >= 0.3 is 6.01 Å². The van der Waals surface area contributed by atoms with Gasteiger partial charge in [0.15, 0.2) is 0 Å². The maximum Gasteiger partial charge on any atom is 0.315 e. The first-order valence-corrected chi connectivity index (χ1v) is 4.73. The second-order valence-electron chi connectivity index (χ2n) is 3.04. The monoisotopic (exact) mass is 213 g/mol. The summed E-state index contributed by atoms with van der Waals surface area (Å²) in [6, 6.07) is -0.105. The molecule has 84 valence electrons. The minimum atomic E-state index is -0.308. The third-order valence-corrected chi connectivity index (χ3v) is 1.60. The van der Waals surface area contributed by atoms with Crippen LogP contribution in [0.25, 0.3) is 0 Å². The summed E-state index contributed by atoms with van der Waals surface area (Å²) in [5.41, 5.74) is 5.53. The minimum Gasteiger partial charge on any atom is -0.406 e. The Bertz CT molecular complexity index is 323. The Labute approximate surface area is 87.4 Å². The zero-order chi connectivity index (χ0) is 11.3. The van der Waals surface area contributed by atoms with E-state index >= 15 is 0 Å². The van der Waals surface area contributed by atoms with E-state index in [9.17, 15) is 4.79 Å². The van der Waals surface area contributed by atoms with Crippen LogP contribution in [0.4, 0.5) is 6.01 Å². The van der Waals surface area contributed by atoms with Crippen LogP contribution in [0.15, 0.2) is 4.42 Å². The summed E-state index contributed by atoms with van der Waals surface area (Å²) in [4.78, 5) is 11.1. The van der Waals surface area contributed by atoms with Crippen molar-refractivity contribution in [2.24, 2.45) is 5.73 Å². The molecular formula is C8H15N5O2. The number of nitrogens with one attached hydrogen (secondary N) is 2. The second-order valence-corrected chi connectivity index (χ2v) is 3.04. The maximum atomic E-state index is 11.1. The number of likely N-dealkylation sites (N-methyl/N-ethyl adjacent to an activating group) is 1. The summed E-state index contributed by atoms with van der Waals surface area (Å²) < 4.78 is 5.14. The average Bonchev–Trinajstić information content (AvgIpc) is 2.63. The predicted octanol–water partition coefficient (Wildman–Crippen LogP) is -0.363. The molecule has 0 aliphatic carbocycles. The molecule has 1 heterocycles. The van der Waals surface area contributed by atoms with E-state index in [4.69, 9.17) is 10.2 Å². The molecule has 1 aromatic rings. The summed E-state index contributed by atoms with van der Waals surface area (Å²) in [6.45, 7) is 4.28. The molecule has 15 heavy (non-hydrogen) atoms. The van der Waals surface area contributed by atoms with Crippen LogP contribution in [0.1, 0.15) is 25.8 Å². The van der Waals surface area contributed by atoms with Gasteiger partial charge in [-0.1, -0.05) is 5.10 Å². The molecule has 0 saturated carbocycles. The van der Waals surface area contributed by atoms with Crippen LogP contribution in [0, 0.1) is 0 Å². The lowest BCUT2D eigenvalue weighted by Crippen LogP contribution is -2.29. The molecule has 0 aromatic carbocycles. The van der Waals surface area contributed by atoms with Gasteiger partial charge in [-0.15, -0.1) is 5.10 Å². The zero-order valence-corrected chi connectivity index (χ0v) is 8.78. The topological polar surface area (TPSA) is 106 Å². The summed E-state index contributed by atoms with van der Waals surface area (Å²) >= 11 is 0. The molecule has 0 fully saturated rings.